The fourth-order valence-corrected chi connectivity index (χ4v) is 5.81. The third-order valence-corrected chi connectivity index (χ3v) is 7.74. The molecular weight excluding hydrogens is 651 g/mol. The van der Waals surface area contributed by atoms with Gasteiger partial charge in [0.2, 0.25) is 5.91 Å². The Balaban J connectivity index is 1.43. The summed E-state index contributed by atoms with van der Waals surface area (Å²) in [5.41, 5.74) is 2.77. The Morgan fingerprint density at radius 3 is 2.43 bits per heavy atom. The van der Waals surface area contributed by atoms with Crippen LogP contribution in [-0.2, 0) is 16.2 Å². The first-order chi connectivity index (χ1) is 17.6. The number of nitrogens with one attached hydrogen (secondary N) is 1. The van der Waals surface area contributed by atoms with Gasteiger partial charge in [-0.2, -0.15) is 0 Å². The van der Waals surface area contributed by atoms with Crippen molar-refractivity contribution in [1.29, 1.82) is 0 Å². The molecule has 1 heterocycles. The van der Waals surface area contributed by atoms with Gasteiger partial charge in [-0.1, -0.05) is 29.8 Å². The van der Waals surface area contributed by atoms with Crippen molar-refractivity contribution in [1.82, 2.24) is 4.90 Å². The van der Waals surface area contributed by atoms with Crippen LogP contribution in [-0.4, -0.2) is 28.5 Å². The van der Waals surface area contributed by atoms with Crippen molar-refractivity contribution >= 4 is 84.0 Å². The van der Waals surface area contributed by atoms with Crippen molar-refractivity contribution in [3.8, 4) is 5.75 Å². The summed E-state index contributed by atoms with van der Waals surface area (Å²) in [6.45, 7) is 1.65. The molecule has 1 N–H and O–H groups in total. The number of hydrogen-bond acceptors (Lipinski definition) is 5. The third kappa shape index (κ3) is 6.81. The number of carbonyl (C=O) groups excluding carboxylic acids is 3. The molecule has 1 aliphatic heterocycles. The van der Waals surface area contributed by atoms with Gasteiger partial charge in [-0.15, -0.1) is 0 Å². The van der Waals surface area contributed by atoms with Gasteiger partial charge in [0.1, 0.15) is 24.7 Å². The van der Waals surface area contributed by atoms with Gasteiger partial charge in [-0.25, -0.2) is 4.39 Å². The second kappa shape index (κ2) is 11.8. The van der Waals surface area contributed by atoms with Crippen LogP contribution in [0.3, 0.4) is 0 Å². The average Bonchev–Trinajstić information content (AvgIpc) is 3.09. The normalized spacial score (nSPS) is 14.4. The van der Waals surface area contributed by atoms with E-state index in [1.165, 1.54) is 12.1 Å². The fourth-order valence-electron chi connectivity index (χ4n) is 3.34. The van der Waals surface area contributed by atoms with E-state index in [2.05, 4.69) is 37.2 Å². The zero-order valence-corrected chi connectivity index (χ0v) is 23.9. The summed E-state index contributed by atoms with van der Waals surface area (Å²) in [6, 6.07) is 14.5. The van der Waals surface area contributed by atoms with Crippen LogP contribution >= 0.6 is 55.2 Å². The quantitative estimate of drug-likeness (QED) is 0.263. The van der Waals surface area contributed by atoms with E-state index < -0.39 is 23.6 Å². The summed E-state index contributed by atoms with van der Waals surface area (Å²) in [6.07, 6.45) is 1.57. The van der Waals surface area contributed by atoms with Crippen LogP contribution in [0.15, 0.2) is 68.4 Å². The molecule has 1 fully saturated rings. The van der Waals surface area contributed by atoms with Crippen LogP contribution < -0.4 is 10.1 Å². The van der Waals surface area contributed by atoms with E-state index in [1.807, 2.05) is 6.92 Å². The number of hydrogen-bond donors (Lipinski definition) is 1. The summed E-state index contributed by atoms with van der Waals surface area (Å²) < 4.78 is 20.2. The molecular formula is C26H18Br2ClFN2O4S. The van der Waals surface area contributed by atoms with Crippen molar-refractivity contribution in [3.05, 3.63) is 96.0 Å². The fraction of sp³-hybridized carbons (Fsp3) is 0.115. The zero-order valence-electron chi connectivity index (χ0n) is 19.2. The van der Waals surface area contributed by atoms with Gasteiger partial charge < -0.3 is 10.1 Å². The highest BCUT2D eigenvalue weighted by Crippen LogP contribution is 2.38. The Morgan fingerprint density at radius 2 is 1.78 bits per heavy atom. The number of imide groups is 1. The second-order valence-corrected chi connectivity index (χ2v) is 11.1. The van der Waals surface area contributed by atoms with Crippen LogP contribution in [0.25, 0.3) is 6.08 Å². The number of halogens is 4. The number of aryl methyl sites for hydroxylation is 1. The van der Waals surface area contributed by atoms with Gasteiger partial charge in [-0.05, 0) is 110 Å². The van der Waals surface area contributed by atoms with E-state index in [4.69, 9.17) is 16.3 Å². The molecule has 11 heteroatoms. The number of nitrogens with zero attached hydrogens (tertiary/aromatic N) is 1. The topological polar surface area (TPSA) is 75.7 Å². The molecule has 1 aliphatic rings. The molecule has 0 unspecified atom stereocenters. The molecule has 0 atom stereocenters. The van der Waals surface area contributed by atoms with Crippen molar-refractivity contribution in [2.45, 2.75) is 13.5 Å². The lowest BCUT2D eigenvalue weighted by molar-refractivity contribution is -0.127. The van der Waals surface area contributed by atoms with E-state index in [-0.39, 0.29) is 17.3 Å². The molecule has 4 rings (SSSR count). The summed E-state index contributed by atoms with van der Waals surface area (Å²) in [7, 11) is 0. The van der Waals surface area contributed by atoms with Crippen LogP contribution in [0.1, 0.15) is 16.7 Å². The Bertz CT molecular complexity index is 1410. The number of ether oxygens (including phenoxy) is 1. The lowest BCUT2D eigenvalue weighted by Gasteiger charge is -2.13. The molecule has 0 aliphatic carbocycles. The van der Waals surface area contributed by atoms with E-state index >= 15 is 0 Å². The van der Waals surface area contributed by atoms with E-state index in [9.17, 15) is 18.8 Å². The molecule has 0 spiro atoms. The molecule has 6 nitrogen and oxygen atoms in total. The largest absolute Gasteiger partial charge is 0.487 e. The maximum absolute atomic E-state index is 13.1. The number of anilines is 1. The Morgan fingerprint density at radius 1 is 1.11 bits per heavy atom. The van der Waals surface area contributed by atoms with E-state index in [0.29, 0.717) is 31.0 Å². The standard InChI is InChI=1S/C26H18Br2ClFN2O4S/c1-14-2-7-18(11-21(14)29)31-23(33)12-32-25(34)22(37-26(32)35)10-16-8-19(27)24(20(28)9-16)36-13-15-3-5-17(30)6-4-15/h2-11H,12-13H2,1H3,(H,31,33)/b22-10+. The van der Waals surface area contributed by atoms with Crippen molar-refractivity contribution in [3.63, 3.8) is 0 Å². The minimum absolute atomic E-state index is 0.190. The van der Waals surface area contributed by atoms with Gasteiger partial charge in [0.25, 0.3) is 11.1 Å². The third-order valence-electron chi connectivity index (χ3n) is 5.25. The summed E-state index contributed by atoms with van der Waals surface area (Å²) in [4.78, 5) is 38.9. The minimum Gasteiger partial charge on any atom is -0.487 e. The first-order valence-corrected chi connectivity index (χ1v) is 13.6. The Hall–Kier alpha value is -2.66. The van der Waals surface area contributed by atoms with Gasteiger partial charge in [0.15, 0.2) is 0 Å². The predicted octanol–water partition coefficient (Wildman–Crippen LogP) is 7.57. The first kappa shape index (κ1) is 27.4. The lowest BCUT2D eigenvalue weighted by atomic mass is 10.2. The number of benzene rings is 3. The maximum Gasteiger partial charge on any atom is 0.294 e. The second-order valence-electron chi connectivity index (χ2n) is 8.01. The smallest absolute Gasteiger partial charge is 0.294 e. The van der Waals surface area contributed by atoms with Gasteiger partial charge in [-0.3, -0.25) is 19.3 Å². The molecule has 0 bridgehead atoms. The minimum atomic E-state index is -0.559. The lowest BCUT2D eigenvalue weighted by Crippen LogP contribution is -2.36. The SMILES string of the molecule is Cc1ccc(NC(=O)CN2C(=O)S/C(=C/c3cc(Br)c(OCc4ccc(F)cc4)c(Br)c3)C2=O)cc1Cl. The summed E-state index contributed by atoms with van der Waals surface area (Å²) in [5, 5.41) is 2.61. The molecule has 190 valence electrons. The highest BCUT2D eigenvalue weighted by molar-refractivity contribution is 9.11. The van der Waals surface area contributed by atoms with E-state index in [1.54, 1.807) is 48.5 Å². The van der Waals surface area contributed by atoms with Crippen molar-refractivity contribution in [2.24, 2.45) is 0 Å². The first-order valence-electron chi connectivity index (χ1n) is 10.8. The molecule has 1 saturated heterocycles. The van der Waals surface area contributed by atoms with Gasteiger partial charge >= 0.3 is 0 Å². The molecule has 37 heavy (non-hydrogen) atoms. The highest BCUT2D eigenvalue weighted by atomic mass is 79.9. The average molecular weight is 669 g/mol. The van der Waals surface area contributed by atoms with Gasteiger partial charge in [0, 0.05) is 10.7 Å². The molecule has 0 radical (unpaired) electrons. The number of rotatable bonds is 7. The molecule has 0 saturated carbocycles. The van der Waals surface area contributed by atoms with Crippen LogP contribution in [0, 0.1) is 12.7 Å². The number of carbonyl (C=O) groups is 3. The number of amides is 3. The molecule has 3 aromatic carbocycles. The van der Waals surface area contributed by atoms with Gasteiger partial charge in [0.05, 0.1) is 13.9 Å². The molecule has 3 aromatic rings. The van der Waals surface area contributed by atoms with Crippen LogP contribution in [0.4, 0.5) is 14.9 Å². The summed E-state index contributed by atoms with van der Waals surface area (Å²) >= 11 is 13.8. The predicted molar refractivity (Wildman–Crippen MR) is 150 cm³/mol. The van der Waals surface area contributed by atoms with Crippen LogP contribution in [0.2, 0.25) is 5.02 Å². The van der Waals surface area contributed by atoms with E-state index in [0.717, 1.165) is 27.8 Å². The van der Waals surface area contributed by atoms with Crippen LogP contribution in [0.5, 0.6) is 5.75 Å². The monoisotopic (exact) mass is 666 g/mol. The molecule has 0 aromatic heterocycles. The Kier molecular flexibility index (Phi) is 8.74. The Labute approximate surface area is 238 Å². The van der Waals surface area contributed by atoms with Crippen molar-refractivity contribution in [2.75, 3.05) is 11.9 Å². The molecule has 3 amide bonds. The highest BCUT2D eigenvalue weighted by Gasteiger charge is 2.36. The maximum atomic E-state index is 13.1. The summed E-state index contributed by atoms with van der Waals surface area (Å²) in [5.74, 6) is -0.869. The zero-order chi connectivity index (χ0) is 26.7. The number of thioether (sulfide) groups is 1. The van der Waals surface area contributed by atoms with Crippen molar-refractivity contribution < 1.29 is 23.5 Å².